The van der Waals surface area contributed by atoms with Gasteiger partial charge in [0.25, 0.3) is 0 Å². The number of unbranched alkanes of at least 4 members (excludes halogenated alkanes) is 5. The van der Waals surface area contributed by atoms with Gasteiger partial charge in [0.05, 0.1) is 23.6 Å². The summed E-state index contributed by atoms with van der Waals surface area (Å²) in [5.41, 5.74) is 2.85. The van der Waals surface area contributed by atoms with Crippen molar-refractivity contribution in [3.63, 3.8) is 0 Å². The van der Waals surface area contributed by atoms with E-state index in [0.717, 1.165) is 12.0 Å². The lowest BCUT2D eigenvalue weighted by Crippen LogP contribution is -2.33. The number of Topliss-reactive ketones (excluding diaryl/α,β-unsaturated/α-hetero) is 1. The first kappa shape index (κ1) is 18.5. The number of nitrogens with zero attached hydrogens (tertiary/aromatic N) is 1. The van der Waals surface area contributed by atoms with E-state index in [1.165, 1.54) is 32.1 Å². The van der Waals surface area contributed by atoms with Crippen LogP contribution >= 0.6 is 0 Å². The van der Waals surface area contributed by atoms with E-state index in [1.807, 2.05) is 13.0 Å². The second-order valence-corrected chi connectivity index (χ2v) is 6.46. The van der Waals surface area contributed by atoms with E-state index in [1.54, 1.807) is 12.0 Å². The molecule has 0 N–H and O–H groups in total. The number of allylic oxidation sites excluding steroid dienone is 2. The SMILES string of the molecule is C=C1C=C2C(C(C)=O)=C(C)OC2C(=C)N1OCCCCCCCC. The molecule has 0 bridgehead atoms. The summed E-state index contributed by atoms with van der Waals surface area (Å²) in [7, 11) is 0. The maximum Gasteiger partial charge on any atom is 0.166 e. The van der Waals surface area contributed by atoms with E-state index in [9.17, 15) is 4.79 Å². The zero-order chi connectivity index (χ0) is 17.7. The normalized spacial score (nSPS) is 20.2. The van der Waals surface area contributed by atoms with Crippen LogP contribution in [0.2, 0.25) is 0 Å². The molecule has 4 nitrogen and oxygen atoms in total. The number of carbonyl (C=O) groups excluding carboxylic acids is 1. The lowest BCUT2D eigenvalue weighted by molar-refractivity contribution is -0.115. The second kappa shape index (κ2) is 8.34. The Balaban J connectivity index is 1.90. The Hall–Kier alpha value is -1.81. The highest BCUT2D eigenvalue weighted by Crippen LogP contribution is 2.40. The minimum Gasteiger partial charge on any atom is -0.483 e. The van der Waals surface area contributed by atoms with Crippen LogP contribution in [0.1, 0.15) is 59.3 Å². The van der Waals surface area contributed by atoms with Gasteiger partial charge in [0.1, 0.15) is 5.76 Å². The van der Waals surface area contributed by atoms with Crippen LogP contribution in [0.15, 0.2) is 47.5 Å². The van der Waals surface area contributed by atoms with Gasteiger partial charge in [0.15, 0.2) is 11.9 Å². The highest BCUT2D eigenvalue weighted by Gasteiger charge is 2.39. The molecule has 2 aliphatic heterocycles. The molecule has 0 aromatic heterocycles. The van der Waals surface area contributed by atoms with Crippen molar-refractivity contribution in [3.05, 3.63) is 47.5 Å². The summed E-state index contributed by atoms with van der Waals surface area (Å²) in [4.78, 5) is 17.7. The lowest BCUT2D eigenvalue weighted by atomic mass is 9.94. The minimum absolute atomic E-state index is 0.00305. The molecule has 24 heavy (non-hydrogen) atoms. The molecule has 0 saturated carbocycles. The maximum absolute atomic E-state index is 11.8. The molecule has 0 aliphatic carbocycles. The van der Waals surface area contributed by atoms with Gasteiger partial charge < -0.3 is 4.74 Å². The number of ether oxygens (including phenoxy) is 1. The summed E-state index contributed by atoms with van der Waals surface area (Å²) in [6.07, 6.45) is 8.81. The highest BCUT2D eigenvalue weighted by molar-refractivity contribution is 5.99. The van der Waals surface area contributed by atoms with Crippen molar-refractivity contribution in [3.8, 4) is 0 Å². The van der Waals surface area contributed by atoms with E-state index in [-0.39, 0.29) is 11.9 Å². The molecule has 0 radical (unpaired) electrons. The molecule has 1 unspecified atom stereocenters. The summed E-state index contributed by atoms with van der Waals surface area (Å²) >= 11 is 0. The molecule has 2 heterocycles. The molecule has 0 amide bonds. The number of hydrogen-bond acceptors (Lipinski definition) is 4. The van der Waals surface area contributed by atoms with Crippen LogP contribution in [0.3, 0.4) is 0 Å². The molecule has 1 atom stereocenters. The third kappa shape index (κ3) is 3.99. The third-order valence-electron chi connectivity index (χ3n) is 4.43. The zero-order valence-corrected chi connectivity index (χ0v) is 15.2. The van der Waals surface area contributed by atoms with Gasteiger partial charge in [-0.25, -0.2) is 5.06 Å². The smallest absolute Gasteiger partial charge is 0.166 e. The van der Waals surface area contributed by atoms with Crippen LogP contribution in [-0.4, -0.2) is 23.6 Å². The van der Waals surface area contributed by atoms with E-state index in [0.29, 0.717) is 29.3 Å². The Kier molecular flexibility index (Phi) is 6.44. The molecular weight excluding hydrogens is 302 g/mol. The fourth-order valence-corrected chi connectivity index (χ4v) is 3.21. The van der Waals surface area contributed by atoms with Crippen LogP contribution in [0.4, 0.5) is 0 Å². The molecule has 0 aromatic rings. The van der Waals surface area contributed by atoms with Crippen molar-refractivity contribution in [1.29, 1.82) is 0 Å². The van der Waals surface area contributed by atoms with Gasteiger partial charge in [-0.3, -0.25) is 9.63 Å². The monoisotopic (exact) mass is 331 g/mol. The summed E-state index contributed by atoms with van der Waals surface area (Å²) < 4.78 is 5.83. The molecule has 4 heteroatoms. The minimum atomic E-state index is -0.348. The molecule has 0 saturated heterocycles. The first-order valence-electron chi connectivity index (χ1n) is 8.88. The van der Waals surface area contributed by atoms with E-state index in [2.05, 4.69) is 20.1 Å². The quantitative estimate of drug-likeness (QED) is 0.568. The first-order chi connectivity index (χ1) is 11.5. The van der Waals surface area contributed by atoms with Gasteiger partial charge in [-0.05, 0) is 26.3 Å². The first-order valence-corrected chi connectivity index (χ1v) is 8.88. The van der Waals surface area contributed by atoms with E-state index >= 15 is 0 Å². The lowest BCUT2D eigenvalue weighted by Gasteiger charge is -2.33. The number of hydroxylamine groups is 2. The third-order valence-corrected chi connectivity index (χ3v) is 4.43. The van der Waals surface area contributed by atoms with Gasteiger partial charge in [-0.15, -0.1) is 0 Å². The number of hydrogen-bond donors (Lipinski definition) is 0. The van der Waals surface area contributed by atoms with Crippen LogP contribution < -0.4 is 0 Å². The molecule has 2 rings (SSSR count). The number of rotatable bonds is 9. The number of carbonyl (C=O) groups is 1. The topological polar surface area (TPSA) is 38.8 Å². The Morgan fingerprint density at radius 3 is 2.58 bits per heavy atom. The molecule has 0 spiro atoms. The molecule has 2 aliphatic rings. The Morgan fingerprint density at radius 1 is 1.25 bits per heavy atom. The van der Waals surface area contributed by atoms with Crippen LogP contribution in [0, 0.1) is 0 Å². The molecular formula is C20H29NO3. The van der Waals surface area contributed by atoms with Gasteiger partial charge in [-0.1, -0.05) is 52.2 Å². The molecule has 132 valence electrons. The average molecular weight is 331 g/mol. The van der Waals surface area contributed by atoms with Crippen molar-refractivity contribution in [2.75, 3.05) is 6.61 Å². The Labute approximate surface area is 145 Å². The summed E-state index contributed by atoms with van der Waals surface area (Å²) in [6, 6.07) is 0. The summed E-state index contributed by atoms with van der Waals surface area (Å²) in [6.45, 7) is 14.3. The van der Waals surface area contributed by atoms with Gasteiger partial charge in [-0.2, -0.15) is 0 Å². The van der Waals surface area contributed by atoms with Crippen molar-refractivity contribution in [2.24, 2.45) is 0 Å². The standard InChI is InChI=1S/C20H29NO3/c1-6-7-8-9-10-11-12-23-21-14(2)13-18-19(16(4)22)17(5)24-20(18)15(21)3/h13,20H,2-3,6-12H2,1,4-5H3. The zero-order valence-electron chi connectivity index (χ0n) is 15.2. The van der Waals surface area contributed by atoms with Crippen LogP contribution in [0.25, 0.3) is 0 Å². The van der Waals surface area contributed by atoms with Gasteiger partial charge in [0, 0.05) is 5.57 Å². The van der Waals surface area contributed by atoms with Gasteiger partial charge >= 0.3 is 0 Å². The summed E-state index contributed by atoms with van der Waals surface area (Å²) in [5.74, 6) is 0.647. The fourth-order valence-electron chi connectivity index (χ4n) is 3.21. The number of ketones is 1. The Bertz CT molecular complexity index is 586. The fraction of sp³-hybridized carbons (Fsp3) is 0.550. The second-order valence-electron chi connectivity index (χ2n) is 6.46. The molecule has 0 fully saturated rings. The van der Waals surface area contributed by atoms with E-state index < -0.39 is 0 Å². The van der Waals surface area contributed by atoms with Crippen molar-refractivity contribution >= 4 is 5.78 Å². The van der Waals surface area contributed by atoms with Crippen molar-refractivity contribution < 1.29 is 14.4 Å². The van der Waals surface area contributed by atoms with E-state index in [4.69, 9.17) is 9.57 Å². The maximum atomic E-state index is 11.8. The predicted octanol–water partition coefficient (Wildman–Crippen LogP) is 4.81. The van der Waals surface area contributed by atoms with Crippen molar-refractivity contribution in [2.45, 2.75) is 65.4 Å². The van der Waals surface area contributed by atoms with Crippen molar-refractivity contribution in [1.82, 2.24) is 5.06 Å². The Morgan fingerprint density at radius 2 is 1.92 bits per heavy atom. The molecule has 0 aromatic carbocycles. The van der Waals surface area contributed by atoms with Gasteiger partial charge in [0.2, 0.25) is 0 Å². The summed E-state index contributed by atoms with van der Waals surface area (Å²) in [5, 5.41) is 1.65. The largest absolute Gasteiger partial charge is 0.483 e. The predicted molar refractivity (Wildman–Crippen MR) is 95.8 cm³/mol. The van der Waals surface area contributed by atoms with Crippen LogP contribution in [0.5, 0.6) is 0 Å². The van der Waals surface area contributed by atoms with Crippen LogP contribution in [-0.2, 0) is 14.4 Å². The highest BCUT2D eigenvalue weighted by atomic mass is 16.7. The average Bonchev–Trinajstić information content (AvgIpc) is 2.85. The number of fused-ring (bicyclic) bond motifs is 1.